The fourth-order valence-corrected chi connectivity index (χ4v) is 3.91. The van der Waals surface area contributed by atoms with E-state index in [4.69, 9.17) is 0 Å². The molecule has 0 bridgehead atoms. The number of hydrogen-bond donors (Lipinski definition) is 0. The molecule has 0 heteroatoms. The lowest BCUT2D eigenvalue weighted by Crippen LogP contribution is -1.96. The second-order valence-corrected chi connectivity index (χ2v) is 6.56. The predicted octanol–water partition coefficient (Wildman–Crippen LogP) is 6.74. The SMILES string of the molecule is C1=Cc2cccc3cccc(c23)C1.c1ccc2c(c1)-c1ccccc1-2. The second-order valence-electron chi connectivity index (χ2n) is 6.56. The van der Waals surface area contributed by atoms with Crippen LogP contribution in [0.25, 0.3) is 39.1 Å². The van der Waals surface area contributed by atoms with E-state index < -0.39 is 0 Å². The summed E-state index contributed by atoms with van der Waals surface area (Å²) in [5, 5.41) is 2.80. The Kier molecular flexibility index (Phi) is 3.28. The maximum Gasteiger partial charge on any atom is -0.00763 e. The van der Waals surface area contributed by atoms with E-state index in [0.29, 0.717) is 0 Å². The Balaban J connectivity index is 0.000000112. The number of hydrogen-bond acceptors (Lipinski definition) is 0. The van der Waals surface area contributed by atoms with Crippen molar-refractivity contribution in [3.8, 4) is 22.3 Å². The molecule has 0 saturated heterocycles. The zero-order valence-electron chi connectivity index (χ0n) is 13.9. The smallest absolute Gasteiger partial charge is 0.00763 e. The highest BCUT2D eigenvalue weighted by atomic mass is 14.2. The maximum absolute atomic E-state index is 2.23. The quantitative estimate of drug-likeness (QED) is 0.296. The normalized spacial score (nSPS) is 12.5. The summed E-state index contributed by atoms with van der Waals surface area (Å²) in [6.45, 7) is 0. The number of fused-ring (bicyclic) bond motifs is 4. The van der Waals surface area contributed by atoms with Gasteiger partial charge in [-0.3, -0.25) is 0 Å². The Hall–Kier alpha value is -3.12. The molecule has 118 valence electrons. The van der Waals surface area contributed by atoms with E-state index in [0.717, 1.165) is 6.42 Å². The lowest BCUT2D eigenvalue weighted by molar-refractivity contribution is 1.29. The van der Waals surface area contributed by atoms with Crippen molar-refractivity contribution in [1.82, 2.24) is 0 Å². The molecule has 4 aromatic rings. The molecule has 0 fully saturated rings. The van der Waals surface area contributed by atoms with Gasteiger partial charge in [0.05, 0.1) is 0 Å². The van der Waals surface area contributed by atoms with Crippen molar-refractivity contribution in [2.24, 2.45) is 0 Å². The lowest BCUT2D eigenvalue weighted by Gasteiger charge is -2.22. The molecule has 2 aliphatic rings. The van der Waals surface area contributed by atoms with Crippen LogP contribution in [0.4, 0.5) is 0 Å². The molecule has 25 heavy (non-hydrogen) atoms. The molecule has 0 nitrogen and oxygen atoms in total. The van der Waals surface area contributed by atoms with Crippen LogP contribution in [0.1, 0.15) is 11.1 Å². The van der Waals surface area contributed by atoms with Gasteiger partial charge < -0.3 is 0 Å². The van der Waals surface area contributed by atoms with Crippen molar-refractivity contribution in [1.29, 1.82) is 0 Å². The van der Waals surface area contributed by atoms with Gasteiger partial charge in [0.25, 0.3) is 0 Å². The van der Waals surface area contributed by atoms with Crippen molar-refractivity contribution < 1.29 is 0 Å². The minimum absolute atomic E-state index is 1.08. The Morgan fingerprint density at radius 3 is 1.68 bits per heavy atom. The summed E-state index contributed by atoms with van der Waals surface area (Å²) in [4.78, 5) is 0. The van der Waals surface area contributed by atoms with Crippen LogP contribution in [0.5, 0.6) is 0 Å². The van der Waals surface area contributed by atoms with Crippen LogP contribution in [0.2, 0.25) is 0 Å². The molecule has 0 saturated carbocycles. The summed E-state index contributed by atoms with van der Waals surface area (Å²) in [7, 11) is 0. The van der Waals surface area contributed by atoms with Gasteiger partial charge in [-0.05, 0) is 50.6 Å². The molecular weight excluding hydrogens is 300 g/mol. The molecule has 2 aliphatic carbocycles. The van der Waals surface area contributed by atoms with Gasteiger partial charge in [-0.2, -0.15) is 0 Å². The summed E-state index contributed by atoms with van der Waals surface area (Å²) >= 11 is 0. The zero-order valence-corrected chi connectivity index (χ0v) is 13.9. The Labute approximate surface area is 148 Å². The summed E-state index contributed by atoms with van der Waals surface area (Å²) in [6, 6.07) is 30.1. The van der Waals surface area contributed by atoms with Crippen LogP contribution >= 0.6 is 0 Å². The number of rotatable bonds is 0. The molecular formula is C25H18. The fraction of sp³-hybridized carbons (Fsp3) is 0.0400. The predicted molar refractivity (Wildman–Crippen MR) is 108 cm³/mol. The van der Waals surface area contributed by atoms with Crippen molar-refractivity contribution >= 4 is 16.8 Å². The standard InChI is InChI=1S/C13H10.C12H8/c1-4-10-6-2-8-12-9-3-7-11(5-1)13(10)12;1-2-6-10-9(5-1)11-7-3-4-8-12(10)11/h1-8H,9H2;1-8H. The topological polar surface area (TPSA) is 0 Å². The van der Waals surface area contributed by atoms with Crippen molar-refractivity contribution in [2.75, 3.05) is 0 Å². The molecule has 0 radical (unpaired) electrons. The average Bonchev–Trinajstić information content (AvgIpc) is 2.67. The van der Waals surface area contributed by atoms with Crippen LogP contribution in [-0.2, 0) is 6.42 Å². The van der Waals surface area contributed by atoms with Crippen molar-refractivity contribution in [2.45, 2.75) is 6.42 Å². The largest absolute Gasteiger partial charge is 0.0795 e. The molecule has 0 aliphatic heterocycles. The average molecular weight is 318 g/mol. The van der Waals surface area contributed by atoms with Gasteiger partial charge >= 0.3 is 0 Å². The first-order chi connectivity index (χ1) is 12.4. The number of benzene rings is 4. The van der Waals surface area contributed by atoms with E-state index in [1.165, 1.54) is 44.2 Å². The zero-order chi connectivity index (χ0) is 16.6. The van der Waals surface area contributed by atoms with Gasteiger partial charge in [-0.15, -0.1) is 0 Å². The van der Waals surface area contributed by atoms with Gasteiger partial charge in [-0.25, -0.2) is 0 Å². The molecule has 6 rings (SSSR count). The Morgan fingerprint density at radius 2 is 1.08 bits per heavy atom. The van der Waals surface area contributed by atoms with Gasteiger partial charge in [0.1, 0.15) is 0 Å². The summed E-state index contributed by atoms with van der Waals surface area (Å²) in [5.41, 5.74) is 8.40. The highest BCUT2D eigenvalue weighted by molar-refractivity contribution is 6.02. The monoisotopic (exact) mass is 318 g/mol. The first kappa shape index (κ1) is 14.2. The second kappa shape index (κ2) is 5.75. The minimum atomic E-state index is 1.08. The molecule has 0 aromatic heterocycles. The highest BCUT2D eigenvalue weighted by Crippen LogP contribution is 2.46. The summed E-state index contributed by atoms with van der Waals surface area (Å²) in [5.74, 6) is 0. The van der Waals surface area contributed by atoms with Crippen LogP contribution < -0.4 is 0 Å². The van der Waals surface area contributed by atoms with Gasteiger partial charge in [0.2, 0.25) is 0 Å². The van der Waals surface area contributed by atoms with Gasteiger partial charge in [-0.1, -0.05) is 97.1 Å². The van der Waals surface area contributed by atoms with Crippen LogP contribution in [-0.4, -0.2) is 0 Å². The molecule has 0 N–H and O–H groups in total. The molecule has 0 amide bonds. The van der Waals surface area contributed by atoms with E-state index in [9.17, 15) is 0 Å². The summed E-state index contributed by atoms with van der Waals surface area (Å²) in [6.07, 6.45) is 5.53. The highest BCUT2D eigenvalue weighted by Gasteiger charge is 2.19. The summed E-state index contributed by atoms with van der Waals surface area (Å²) < 4.78 is 0. The third kappa shape index (κ3) is 2.30. The van der Waals surface area contributed by atoms with E-state index >= 15 is 0 Å². The third-order valence-corrected chi connectivity index (χ3v) is 5.09. The van der Waals surface area contributed by atoms with E-state index in [2.05, 4.69) is 97.1 Å². The fourth-order valence-electron chi connectivity index (χ4n) is 3.91. The third-order valence-electron chi connectivity index (χ3n) is 5.09. The molecule has 0 unspecified atom stereocenters. The first-order valence-corrected chi connectivity index (χ1v) is 8.78. The Bertz CT molecular complexity index is 1010. The first-order valence-electron chi connectivity index (χ1n) is 8.78. The molecule has 0 atom stereocenters. The van der Waals surface area contributed by atoms with Crippen molar-refractivity contribution in [3.05, 3.63) is 102 Å². The van der Waals surface area contributed by atoms with Crippen LogP contribution in [0.3, 0.4) is 0 Å². The molecule has 4 aromatic carbocycles. The van der Waals surface area contributed by atoms with Crippen molar-refractivity contribution in [3.63, 3.8) is 0 Å². The van der Waals surface area contributed by atoms with Gasteiger partial charge in [0, 0.05) is 0 Å². The van der Waals surface area contributed by atoms with E-state index in [1.807, 2.05) is 0 Å². The van der Waals surface area contributed by atoms with Crippen LogP contribution in [0, 0.1) is 0 Å². The molecule has 0 heterocycles. The minimum Gasteiger partial charge on any atom is -0.0795 e. The van der Waals surface area contributed by atoms with Gasteiger partial charge in [0.15, 0.2) is 0 Å². The van der Waals surface area contributed by atoms with E-state index in [1.54, 1.807) is 0 Å². The maximum atomic E-state index is 2.23. The molecule has 0 spiro atoms. The van der Waals surface area contributed by atoms with E-state index in [-0.39, 0.29) is 0 Å². The Morgan fingerprint density at radius 1 is 0.520 bits per heavy atom. The number of allylic oxidation sites excluding steroid dienone is 1. The van der Waals surface area contributed by atoms with Crippen LogP contribution in [0.15, 0.2) is 91.0 Å². The lowest BCUT2D eigenvalue weighted by atomic mass is 9.81.